The monoisotopic (exact) mass is 523 g/mol. The normalized spacial score (nSPS) is 14.7. The molecule has 0 spiro atoms. The highest BCUT2D eigenvalue weighted by Gasteiger charge is 2.21. The van der Waals surface area contributed by atoms with Crippen molar-refractivity contribution in [1.82, 2.24) is 19.4 Å². The van der Waals surface area contributed by atoms with Gasteiger partial charge in [-0.1, -0.05) is 42.5 Å². The summed E-state index contributed by atoms with van der Waals surface area (Å²) in [6, 6.07) is 20.7. The van der Waals surface area contributed by atoms with Crippen LogP contribution in [0, 0.1) is 5.82 Å². The van der Waals surface area contributed by atoms with Crippen LogP contribution in [-0.4, -0.2) is 48.8 Å². The lowest BCUT2D eigenvalue weighted by Gasteiger charge is -2.30. The second-order valence-corrected chi connectivity index (χ2v) is 10.0. The first kappa shape index (κ1) is 25.2. The fourth-order valence-electron chi connectivity index (χ4n) is 5.35. The van der Waals surface area contributed by atoms with E-state index in [1.165, 1.54) is 6.07 Å². The van der Waals surface area contributed by atoms with Crippen LogP contribution in [0.2, 0.25) is 0 Å². The van der Waals surface area contributed by atoms with Crippen LogP contribution >= 0.6 is 0 Å². The van der Waals surface area contributed by atoms with E-state index in [4.69, 9.17) is 5.73 Å². The van der Waals surface area contributed by atoms with Gasteiger partial charge in [0.25, 0.3) is 0 Å². The number of pyridine rings is 1. The van der Waals surface area contributed by atoms with Crippen molar-refractivity contribution in [2.24, 2.45) is 5.73 Å². The molecule has 0 amide bonds. The summed E-state index contributed by atoms with van der Waals surface area (Å²) in [5.41, 5.74) is 11.7. The summed E-state index contributed by atoms with van der Waals surface area (Å²) < 4.78 is 17.4. The number of halogens is 1. The number of rotatable bonds is 6. The van der Waals surface area contributed by atoms with Gasteiger partial charge in [0.15, 0.2) is 5.75 Å². The second kappa shape index (κ2) is 10.6. The Morgan fingerprint density at radius 1 is 0.949 bits per heavy atom. The van der Waals surface area contributed by atoms with Crippen LogP contribution < -0.4 is 5.73 Å². The van der Waals surface area contributed by atoms with Gasteiger partial charge in [-0.15, -0.1) is 0 Å². The number of fused-ring (bicyclic) bond motifs is 1. The van der Waals surface area contributed by atoms with Gasteiger partial charge in [-0.3, -0.25) is 9.47 Å². The molecule has 2 aromatic heterocycles. The molecule has 1 fully saturated rings. The lowest BCUT2D eigenvalue weighted by Crippen LogP contribution is -2.35. The van der Waals surface area contributed by atoms with Crippen LogP contribution in [0.4, 0.5) is 4.39 Å². The number of aromatic nitrogens is 3. The summed E-state index contributed by atoms with van der Waals surface area (Å²) >= 11 is 0. The fraction of sp³-hybridized carbons (Fsp3) is 0.226. The van der Waals surface area contributed by atoms with Crippen LogP contribution in [0.3, 0.4) is 0 Å². The minimum absolute atomic E-state index is 0.137. The molecule has 7 nitrogen and oxygen atoms in total. The van der Waals surface area contributed by atoms with E-state index in [1.54, 1.807) is 23.2 Å². The maximum Gasteiger partial charge on any atom is 0.168 e. The van der Waals surface area contributed by atoms with E-state index in [0.29, 0.717) is 17.6 Å². The van der Waals surface area contributed by atoms with Crippen LogP contribution in [0.1, 0.15) is 24.0 Å². The third kappa shape index (κ3) is 4.90. The van der Waals surface area contributed by atoms with Gasteiger partial charge in [0.05, 0.1) is 12.3 Å². The maximum atomic E-state index is 15.7. The van der Waals surface area contributed by atoms with Gasteiger partial charge >= 0.3 is 0 Å². The minimum Gasteiger partial charge on any atom is -0.504 e. The molecular weight excluding hydrogens is 493 g/mol. The minimum atomic E-state index is -0.471. The molecule has 198 valence electrons. The summed E-state index contributed by atoms with van der Waals surface area (Å²) in [6.07, 6.45) is 4.47. The van der Waals surface area contributed by atoms with E-state index in [-0.39, 0.29) is 23.1 Å². The molecule has 0 aliphatic carbocycles. The number of imidazole rings is 1. The standard InChI is InChI=1S/C31H30FN5O2/c32-27-15-21(25-7-2-1-5-22(25)18-36-12-10-24(38)11-13-36)8-9-26(27)29-31(39)30-28(17-34-29)35-19-37(30)23-6-3-4-20(14-23)16-33/h1-9,14-15,17,19,24,38-39H,10-13,16,18,33H2. The highest BCUT2D eigenvalue weighted by Crippen LogP contribution is 2.37. The van der Waals surface area contributed by atoms with Crippen molar-refractivity contribution in [3.05, 3.63) is 96.2 Å². The van der Waals surface area contributed by atoms with Gasteiger partial charge in [-0.05, 0) is 59.4 Å². The number of nitrogens with zero attached hydrogens (tertiary/aromatic N) is 4. The number of aliphatic hydroxyl groups excluding tert-OH is 1. The smallest absolute Gasteiger partial charge is 0.168 e. The van der Waals surface area contributed by atoms with Crippen molar-refractivity contribution in [1.29, 1.82) is 0 Å². The Bertz CT molecular complexity index is 1640. The van der Waals surface area contributed by atoms with Crippen molar-refractivity contribution >= 4 is 11.0 Å². The molecule has 0 saturated carbocycles. The molecular formula is C31H30FN5O2. The zero-order valence-corrected chi connectivity index (χ0v) is 21.5. The number of benzene rings is 3. The summed E-state index contributed by atoms with van der Waals surface area (Å²) in [5, 5.41) is 21.1. The largest absolute Gasteiger partial charge is 0.504 e. The zero-order valence-electron chi connectivity index (χ0n) is 21.5. The van der Waals surface area contributed by atoms with Crippen molar-refractivity contribution in [3.63, 3.8) is 0 Å². The third-order valence-corrected chi connectivity index (χ3v) is 7.49. The number of hydrogen-bond donors (Lipinski definition) is 3. The SMILES string of the molecule is NCc1cccc(-n2cnc3cnc(-c4ccc(-c5ccccc5CN5CCC(O)CC5)cc4F)c(O)c32)c1. The van der Waals surface area contributed by atoms with Gasteiger partial charge in [-0.25, -0.2) is 14.4 Å². The Hall–Kier alpha value is -4.11. The Kier molecular flexibility index (Phi) is 6.83. The van der Waals surface area contributed by atoms with E-state index in [2.05, 4.69) is 20.9 Å². The van der Waals surface area contributed by atoms with Crippen LogP contribution in [0.5, 0.6) is 5.75 Å². The van der Waals surface area contributed by atoms with Gasteiger partial charge in [0.2, 0.25) is 0 Å². The van der Waals surface area contributed by atoms with Crippen LogP contribution in [0.25, 0.3) is 39.1 Å². The van der Waals surface area contributed by atoms with Crippen molar-refractivity contribution in [3.8, 4) is 33.8 Å². The number of aromatic hydroxyl groups is 1. The topological polar surface area (TPSA) is 100 Å². The number of nitrogens with two attached hydrogens (primary N) is 1. The van der Waals surface area contributed by atoms with E-state index >= 15 is 4.39 Å². The predicted octanol–water partition coefficient (Wildman–Crippen LogP) is 5.01. The number of hydrogen-bond acceptors (Lipinski definition) is 6. The first-order valence-electron chi connectivity index (χ1n) is 13.1. The van der Waals surface area contributed by atoms with Crippen molar-refractivity contribution < 1.29 is 14.6 Å². The molecule has 1 aliphatic heterocycles. The molecule has 39 heavy (non-hydrogen) atoms. The van der Waals surface area contributed by atoms with Gasteiger partial charge in [0, 0.05) is 37.4 Å². The molecule has 0 bridgehead atoms. The summed E-state index contributed by atoms with van der Waals surface area (Å²) in [4.78, 5) is 11.1. The van der Waals surface area contributed by atoms with Gasteiger partial charge < -0.3 is 15.9 Å². The molecule has 4 N–H and O–H groups in total. The van der Waals surface area contributed by atoms with Crippen LogP contribution in [0.15, 0.2) is 79.3 Å². The molecule has 8 heteroatoms. The summed E-state index contributed by atoms with van der Waals surface area (Å²) in [5.74, 6) is -0.607. The lowest BCUT2D eigenvalue weighted by molar-refractivity contribution is 0.0793. The molecule has 3 aromatic carbocycles. The van der Waals surface area contributed by atoms with E-state index in [1.807, 2.05) is 48.5 Å². The summed E-state index contributed by atoms with van der Waals surface area (Å²) in [6.45, 7) is 2.80. The highest BCUT2D eigenvalue weighted by molar-refractivity contribution is 5.89. The van der Waals surface area contributed by atoms with Crippen molar-refractivity contribution in [2.45, 2.75) is 32.0 Å². The third-order valence-electron chi connectivity index (χ3n) is 7.49. The number of aliphatic hydroxyl groups is 1. The van der Waals surface area contributed by atoms with Crippen molar-refractivity contribution in [2.75, 3.05) is 13.1 Å². The zero-order chi connectivity index (χ0) is 26.9. The molecule has 1 aliphatic rings. The lowest BCUT2D eigenvalue weighted by atomic mass is 9.96. The first-order chi connectivity index (χ1) is 19.0. The molecule has 1 saturated heterocycles. The molecule has 0 unspecified atom stereocenters. The highest BCUT2D eigenvalue weighted by atomic mass is 19.1. The van der Waals surface area contributed by atoms with E-state index in [9.17, 15) is 10.2 Å². The Labute approximate surface area is 226 Å². The Morgan fingerprint density at radius 2 is 1.77 bits per heavy atom. The molecule has 5 aromatic rings. The fourth-order valence-corrected chi connectivity index (χ4v) is 5.35. The molecule has 6 rings (SSSR count). The second-order valence-electron chi connectivity index (χ2n) is 10.0. The average Bonchev–Trinajstić information content (AvgIpc) is 3.40. The van der Waals surface area contributed by atoms with Crippen LogP contribution in [-0.2, 0) is 13.1 Å². The van der Waals surface area contributed by atoms with Gasteiger partial charge in [0.1, 0.15) is 28.9 Å². The Morgan fingerprint density at radius 3 is 2.56 bits per heavy atom. The molecule has 0 radical (unpaired) electrons. The Balaban J connectivity index is 1.35. The first-order valence-corrected chi connectivity index (χ1v) is 13.1. The average molecular weight is 524 g/mol. The van der Waals surface area contributed by atoms with E-state index < -0.39 is 5.82 Å². The van der Waals surface area contributed by atoms with E-state index in [0.717, 1.165) is 60.4 Å². The number of likely N-dealkylation sites (tertiary alicyclic amines) is 1. The molecule has 0 atom stereocenters. The summed E-state index contributed by atoms with van der Waals surface area (Å²) in [7, 11) is 0. The number of piperidine rings is 1. The maximum absolute atomic E-state index is 15.7. The quantitative estimate of drug-likeness (QED) is 0.289. The van der Waals surface area contributed by atoms with Gasteiger partial charge in [-0.2, -0.15) is 0 Å². The predicted molar refractivity (Wildman–Crippen MR) is 150 cm³/mol. The molecule has 3 heterocycles.